The number of alkyl halides is 1. The Morgan fingerprint density at radius 1 is 1.08 bits per heavy atom. The summed E-state index contributed by atoms with van der Waals surface area (Å²) in [4.78, 5) is 6.63. The molecule has 2 aromatic carbocycles. The fraction of sp³-hybridized carbons (Fsp3) is 0.269. The molecule has 0 aliphatic carbocycles. The molecule has 0 saturated carbocycles. The summed E-state index contributed by atoms with van der Waals surface area (Å²) in [6.07, 6.45) is 4.34. The van der Waals surface area contributed by atoms with Crippen LogP contribution < -0.4 is 10.6 Å². The zero-order chi connectivity index (χ0) is 24.5. The van der Waals surface area contributed by atoms with Gasteiger partial charge in [-0.05, 0) is 47.5 Å². The number of nitrogens with one attached hydrogen (secondary N) is 2. The maximum absolute atomic E-state index is 14.1. The van der Waals surface area contributed by atoms with Crippen LogP contribution in [0.4, 0.5) is 20.3 Å². The molecule has 1 aliphatic rings. The lowest BCUT2D eigenvalue weighted by Gasteiger charge is -2.20. The highest BCUT2D eigenvalue weighted by Crippen LogP contribution is 2.27. The molecule has 5 aromatic rings. The van der Waals surface area contributed by atoms with Crippen molar-refractivity contribution in [1.82, 2.24) is 34.6 Å². The van der Waals surface area contributed by atoms with Crippen molar-refractivity contribution < 1.29 is 8.78 Å². The smallest absolute Gasteiger partial charge is 0.158 e. The number of rotatable bonds is 6. The Bertz CT molecular complexity index is 1510. The van der Waals surface area contributed by atoms with Crippen molar-refractivity contribution in [2.75, 3.05) is 31.5 Å². The Kier molecular flexibility index (Phi) is 6.04. The van der Waals surface area contributed by atoms with E-state index in [1.807, 2.05) is 41.2 Å². The standard InChI is InChI=1S/C26H26F2N8/c27-21-3-1-2-18(10-21)14-36-24-5-4-23(11-20(24)12-31-36)33-26-25-19(6-8-35(25)32-17-30-26)15-34-9-7-29-13-22(28)16-34/h1-6,8,10-12,17,22,29H,7,9,13-16H2,(H,30,32,33). The van der Waals surface area contributed by atoms with Gasteiger partial charge in [-0.3, -0.25) is 9.58 Å². The van der Waals surface area contributed by atoms with Crippen LogP contribution in [0, 0.1) is 5.82 Å². The third-order valence-electron chi connectivity index (χ3n) is 6.48. The molecule has 10 heteroatoms. The highest BCUT2D eigenvalue weighted by Gasteiger charge is 2.19. The quantitative estimate of drug-likeness (QED) is 0.379. The number of hydrogen-bond donors (Lipinski definition) is 2. The van der Waals surface area contributed by atoms with E-state index in [1.165, 1.54) is 18.5 Å². The van der Waals surface area contributed by atoms with Crippen molar-refractivity contribution in [1.29, 1.82) is 0 Å². The van der Waals surface area contributed by atoms with Crippen LogP contribution in [0.25, 0.3) is 16.4 Å². The van der Waals surface area contributed by atoms with E-state index in [4.69, 9.17) is 0 Å². The minimum atomic E-state index is -0.885. The molecule has 1 atom stereocenters. The number of hydrogen-bond acceptors (Lipinski definition) is 6. The van der Waals surface area contributed by atoms with Crippen LogP contribution in [0.3, 0.4) is 0 Å². The molecule has 0 amide bonds. The van der Waals surface area contributed by atoms with E-state index in [0.717, 1.165) is 46.3 Å². The molecular weight excluding hydrogens is 462 g/mol. The molecule has 36 heavy (non-hydrogen) atoms. The van der Waals surface area contributed by atoms with Gasteiger partial charge in [-0.25, -0.2) is 18.3 Å². The summed E-state index contributed by atoms with van der Waals surface area (Å²) in [6.45, 7) is 3.44. The Morgan fingerprint density at radius 3 is 2.94 bits per heavy atom. The van der Waals surface area contributed by atoms with Crippen molar-refractivity contribution in [3.8, 4) is 0 Å². The van der Waals surface area contributed by atoms with Gasteiger partial charge in [0.15, 0.2) is 5.82 Å². The number of fused-ring (bicyclic) bond motifs is 2. The van der Waals surface area contributed by atoms with Crippen LogP contribution >= 0.6 is 0 Å². The second kappa shape index (κ2) is 9.63. The molecule has 2 N–H and O–H groups in total. The highest BCUT2D eigenvalue weighted by molar-refractivity contribution is 5.85. The molecule has 0 spiro atoms. The third-order valence-corrected chi connectivity index (χ3v) is 6.48. The molecule has 4 heterocycles. The molecule has 0 radical (unpaired) electrons. The van der Waals surface area contributed by atoms with E-state index >= 15 is 0 Å². The minimum Gasteiger partial charge on any atom is -0.338 e. The van der Waals surface area contributed by atoms with E-state index < -0.39 is 6.17 Å². The highest BCUT2D eigenvalue weighted by atomic mass is 19.1. The summed E-state index contributed by atoms with van der Waals surface area (Å²) >= 11 is 0. The van der Waals surface area contributed by atoms with Crippen molar-refractivity contribution >= 4 is 27.9 Å². The van der Waals surface area contributed by atoms with Gasteiger partial charge in [0.25, 0.3) is 0 Å². The van der Waals surface area contributed by atoms with Gasteiger partial charge in [-0.1, -0.05) is 12.1 Å². The van der Waals surface area contributed by atoms with Crippen LogP contribution in [0.15, 0.2) is 67.3 Å². The minimum absolute atomic E-state index is 0.256. The third kappa shape index (κ3) is 4.65. The number of nitrogens with zero attached hydrogens (tertiary/aromatic N) is 6. The van der Waals surface area contributed by atoms with Crippen LogP contribution in [0.5, 0.6) is 0 Å². The first-order chi connectivity index (χ1) is 17.6. The average molecular weight is 489 g/mol. The lowest BCUT2D eigenvalue weighted by molar-refractivity contribution is 0.211. The van der Waals surface area contributed by atoms with Crippen LogP contribution in [-0.4, -0.2) is 61.6 Å². The second-order valence-corrected chi connectivity index (χ2v) is 9.11. The van der Waals surface area contributed by atoms with Gasteiger partial charge < -0.3 is 10.6 Å². The van der Waals surface area contributed by atoms with E-state index in [1.54, 1.807) is 16.8 Å². The van der Waals surface area contributed by atoms with Crippen molar-refractivity contribution in [2.45, 2.75) is 19.3 Å². The number of anilines is 2. The first kappa shape index (κ1) is 22.6. The largest absolute Gasteiger partial charge is 0.338 e. The number of benzene rings is 2. The summed E-state index contributed by atoms with van der Waals surface area (Å²) in [7, 11) is 0. The Hall–Kier alpha value is -3.89. The topological polar surface area (TPSA) is 75.3 Å². The molecule has 6 rings (SSSR count). The predicted molar refractivity (Wildman–Crippen MR) is 135 cm³/mol. The van der Waals surface area contributed by atoms with Crippen LogP contribution in [-0.2, 0) is 13.1 Å². The second-order valence-electron chi connectivity index (χ2n) is 9.11. The zero-order valence-corrected chi connectivity index (χ0v) is 19.6. The van der Waals surface area contributed by atoms with Gasteiger partial charge in [0.1, 0.15) is 23.8 Å². The van der Waals surface area contributed by atoms with E-state index in [9.17, 15) is 8.78 Å². The molecule has 8 nitrogen and oxygen atoms in total. The molecular formula is C26H26F2N8. The maximum atomic E-state index is 14.1. The first-order valence-corrected chi connectivity index (χ1v) is 12.0. The van der Waals surface area contributed by atoms with Crippen LogP contribution in [0.1, 0.15) is 11.1 Å². The van der Waals surface area contributed by atoms with Crippen LogP contribution in [0.2, 0.25) is 0 Å². The average Bonchev–Trinajstić information content (AvgIpc) is 3.39. The van der Waals surface area contributed by atoms with E-state index in [0.29, 0.717) is 32.0 Å². The molecule has 184 valence electrons. The molecule has 1 fully saturated rings. The van der Waals surface area contributed by atoms with Gasteiger partial charge in [0, 0.05) is 50.0 Å². The number of aromatic nitrogens is 5. The van der Waals surface area contributed by atoms with Gasteiger partial charge in [0.05, 0.1) is 18.3 Å². The van der Waals surface area contributed by atoms with Gasteiger partial charge in [-0.15, -0.1) is 0 Å². The predicted octanol–water partition coefficient (Wildman–Crippen LogP) is 3.75. The normalized spacial score (nSPS) is 17.0. The Morgan fingerprint density at radius 2 is 2.03 bits per heavy atom. The molecule has 1 saturated heterocycles. The van der Waals surface area contributed by atoms with Crippen molar-refractivity contribution in [2.24, 2.45) is 0 Å². The monoisotopic (exact) mass is 488 g/mol. The number of halogens is 2. The summed E-state index contributed by atoms with van der Waals surface area (Å²) in [5.74, 6) is 0.426. The van der Waals surface area contributed by atoms with Gasteiger partial charge >= 0.3 is 0 Å². The lowest BCUT2D eigenvalue weighted by Crippen LogP contribution is -2.30. The summed E-state index contributed by atoms with van der Waals surface area (Å²) in [5, 5.41) is 16.4. The van der Waals surface area contributed by atoms with E-state index in [-0.39, 0.29) is 5.82 Å². The molecule has 0 bridgehead atoms. The SMILES string of the molecule is Fc1cccc(Cn2ncc3cc(Nc4ncnn5ccc(CN6CCNCC(F)C6)c45)ccc32)c1. The first-order valence-electron chi connectivity index (χ1n) is 12.0. The van der Waals surface area contributed by atoms with Gasteiger partial charge in [0.2, 0.25) is 0 Å². The zero-order valence-electron chi connectivity index (χ0n) is 19.6. The summed E-state index contributed by atoms with van der Waals surface area (Å²) in [6, 6.07) is 14.5. The Balaban J connectivity index is 1.26. The molecule has 3 aromatic heterocycles. The van der Waals surface area contributed by atoms with Gasteiger partial charge in [-0.2, -0.15) is 10.2 Å². The Labute approximate surface area is 206 Å². The van der Waals surface area contributed by atoms with E-state index in [2.05, 4.69) is 30.7 Å². The lowest BCUT2D eigenvalue weighted by atomic mass is 10.2. The molecule has 1 aliphatic heterocycles. The fourth-order valence-electron chi connectivity index (χ4n) is 4.79. The summed E-state index contributed by atoms with van der Waals surface area (Å²) in [5.41, 5.74) is 4.58. The van der Waals surface area contributed by atoms with Crippen molar-refractivity contribution in [3.63, 3.8) is 0 Å². The fourth-order valence-corrected chi connectivity index (χ4v) is 4.79. The van der Waals surface area contributed by atoms with Crippen molar-refractivity contribution in [3.05, 3.63) is 84.2 Å². The molecule has 1 unspecified atom stereocenters. The maximum Gasteiger partial charge on any atom is 0.158 e. The summed E-state index contributed by atoms with van der Waals surface area (Å²) < 4.78 is 31.3.